The van der Waals surface area contributed by atoms with Crippen LogP contribution in [-0.2, 0) is 0 Å². The van der Waals surface area contributed by atoms with Gasteiger partial charge in [0.1, 0.15) is 0 Å². The fraction of sp³-hybridized carbons (Fsp3) is 1.00. The van der Waals surface area contributed by atoms with E-state index in [9.17, 15) is 0 Å². The van der Waals surface area contributed by atoms with Gasteiger partial charge in [0.15, 0.2) is 0 Å². The van der Waals surface area contributed by atoms with Gasteiger partial charge in [-0.25, -0.2) is 0 Å². The molecule has 0 spiro atoms. The minimum absolute atomic E-state index is 0.935. The lowest BCUT2D eigenvalue weighted by molar-refractivity contribution is 0.332. The summed E-state index contributed by atoms with van der Waals surface area (Å²) in [4.78, 5) is 2.49. The Morgan fingerprint density at radius 2 is 2.50 bits per heavy atom. The number of fused-ring (bicyclic) bond motifs is 2. The topological polar surface area (TPSA) is 3.24 Å². The Kier molecular flexibility index (Phi) is 1.05. The molecule has 2 heterocycles. The van der Waals surface area contributed by atoms with Gasteiger partial charge in [-0.3, -0.25) is 0 Å². The van der Waals surface area contributed by atoms with Crippen LogP contribution in [0.3, 0.4) is 0 Å². The number of hydrogen-bond donors (Lipinski definition) is 0. The highest BCUT2D eigenvalue weighted by Gasteiger charge is 2.35. The molecule has 46 valence electrons. The van der Waals surface area contributed by atoms with E-state index in [1.807, 2.05) is 0 Å². The molecule has 0 aromatic heterocycles. The van der Waals surface area contributed by atoms with E-state index < -0.39 is 0 Å². The SMILES string of the molecule is CN1CC2CC1CS2. The highest BCUT2D eigenvalue weighted by molar-refractivity contribution is 8.00. The molecule has 0 aromatic carbocycles. The second-order valence-electron chi connectivity index (χ2n) is 2.78. The van der Waals surface area contributed by atoms with Gasteiger partial charge in [-0.05, 0) is 13.5 Å². The van der Waals surface area contributed by atoms with Crippen molar-refractivity contribution in [3.63, 3.8) is 0 Å². The van der Waals surface area contributed by atoms with Gasteiger partial charge in [-0.1, -0.05) is 0 Å². The maximum Gasteiger partial charge on any atom is 0.0194 e. The molecule has 2 aliphatic rings. The molecule has 2 rings (SSSR count). The highest BCUT2D eigenvalue weighted by atomic mass is 32.2. The van der Waals surface area contributed by atoms with Crippen LogP contribution < -0.4 is 0 Å². The monoisotopic (exact) mass is 129 g/mol. The van der Waals surface area contributed by atoms with Crippen LogP contribution in [0.1, 0.15) is 6.42 Å². The second-order valence-corrected chi connectivity index (χ2v) is 4.12. The molecule has 2 atom stereocenters. The largest absolute Gasteiger partial charge is 0.301 e. The third kappa shape index (κ3) is 0.594. The van der Waals surface area contributed by atoms with Crippen LogP contribution in [0.15, 0.2) is 0 Å². The normalized spacial score (nSPS) is 46.1. The van der Waals surface area contributed by atoms with Crippen LogP contribution in [0.2, 0.25) is 0 Å². The smallest absolute Gasteiger partial charge is 0.0194 e. The van der Waals surface area contributed by atoms with Crippen molar-refractivity contribution < 1.29 is 0 Å². The molecule has 0 saturated carbocycles. The molecule has 2 aliphatic heterocycles. The van der Waals surface area contributed by atoms with Gasteiger partial charge in [-0.2, -0.15) is 11.8 Å². The third-order valence-electron chi connectivity index (χ3n) is 2.17. The van der Waals surface area contributed by atoms with E-state index in [1.54, 1.807) is 0 Å². The van der Waals surface area contributed by atoms with Gasteiger partial charge in [0.25, 0.3) is 0 Å². The number of hydrogen-bond acceptors (Lipinski definition) is 2. The third-order valence-corrected chi connectivity index (χ3v) is 3.56. The lowest BCUT2D eigenvalue weighted by Crippen LogP contribution is -2.29. The van der Waals surface area contributed by atoms with E-state index in [0.717, 1.165) is 11.3 Å². The Balaban J connectivity index is 2.11. The van der Waals surface area contributed by atoms with E-state index in [1.165, 1.54) is 18.7 Å². The molecule has 2 fully saturated rings. The number of rotatable bonds is 0. The Labute approximate surface area is 54.4 Å². The fourth-order valence-corrected chi connectivity index (χ4v) is 3.18. The number of nitrogens with zero attached hydrogens (tertiary/aromatic N) is 1. The van der Waals surface area contributed by atoms with Crippen LogP contribution in [0.25, 0.3) is 0 Å². The lowest BCUT2D eigenvalue weighted by Gasteiger charge is -2.20. The van der Waals surface area contributed by atoms with Crippen molar-refractivity contribution in [1.82, 2.24) is 4.90 Å². The fourth-order valence-electron chi connectivity index (χ4n) is 1.59. The Hall–Kier alpha value is 0.310. The molecule has 2 heteroatoms. The van der Waals surface area contributed by atoms with E-state index in [-0.39, 0.29) is 0 Å². The summed E-state index contributed by atoms with van der Waals surface area (Å²) < 4.78 is 0. The predicted octanol–water partition coefficient (Wildman–Crippen LogP) is 0.806. The minimum atomic E-state index is 0.935. The molecule has 0 N–H and O–H groups in total. The standard InChI is InChI=1S/C6H11NS/c1-7-3-6-2-5(7)4-8-6/h5-6H,2-4H2,1H3. The van der Waals surface area contributed by atoms with Gasteiger partial charge in [-0.15, -0.1) is 0 Å². The molecule has 0 aromatic rings. The molecule has 1 nitrogen and oxygen atoms in total. The average Bonchev–Trinajstić information content (AvgIpc) is 2.23. The van der Waals surface area contributed by atoms with Crippen LogP contribution >= 0.6 is 11.8 Å². The summed E-state index contributed by atoms with van der Waals surface area (Å²) in [6.07, 6.45) is 1.46. The summed E-state index contributed by atoms with van der Waals surface area (Å²) >= 11 is 2.15. The summed E-state index contributed by atoms with van der Waals surface area (Å²) in [5.41, 5.74) is 0. The molecule has 8 heavy (non-hydrogen) atoms. The van der Waals surface area contributed by atoms with Crippen molar-refractivity contribution in [1.29, 1.82) is 0 Å². The molecule has 0 amide bonds. The molecule has 2 unspecified atom stereocenters. The molecular formula is C6H11NS. The average molecular weight is 129 g/mol. The van der Waals surface area contributed by atoms with Gasteiger partial charge in [0, 0.05) is 23.6 Å². The van der Waals surface area contributed by atoms with Crippen molar-refractivity contribution in [2.75, 3.05) is 19.3 Å². The molecular weight excluding hydrogens is 118 g/mol. The van der Waals surface area contributed by atoms with Crippen LogP contribution in [0, 0.1) is 0 Å². The molecule has 2 bridgehead atoms. The van der Waals surface area contributed by atoms with Crippen LogP contribution in [-0.4, -0.2) is 35.5 Å². The van der Waals surface area contributed by atoms with Gasteiger partial charge in [0.05, 0.1) is 0 Å². The van der Waals surface area contributed by atoms with E-state index >= 15 is 0 Å². The van der Waals surface area contributed by atoms with Gasteiger partial charge < -0.3 is 4.90 Å². The van der Waals surface area contributed by atoms with Crippen molar-refractivity contribution in [2.24, 2.45) is 0 Å². The predicted molar refractivity (Wildman–Crippen MR) is 37.3 cm³/mol. The zero-order valence-corrected chi connectivity index (χ0v) is 5.95. The zero-order valence-electron chi connectivity index (χ0n) is 5.13. The number of thioether (sulfide) groups is 1. The van der Waals surface area contributed by atoms with Gasteiger partial charge in [0.2, 0.25) is 0 Å². The van der Waals surface area contributed by atoms with E-state index in [4.69, 9.17) is 0 Å². The zero-order chi connectivity index (χ0) is 5.56. The first-order valence-electron chi connectivity index (χ1n) is 3.18. The first-order chi connectivity index (χ1) is 3.86. The van der Waals surface area contributed by atoms with E-state index in [0.29, 0.717) is 0 Å². The molecule has 0 radical (unpaired) electrons. The second kappa shape index (κ2) is 1.64. The van der Waals surface area contributed by atoms with Crippen molar-refractivity contribution in [2.45, 2.75) is 17.7 Å². The first-order valence-corrected chi connectivity index (χ1v) is 4.23. The molecule has 2 saturated heterocycles. The maximum absolute atomic E-state index is 2.49. The first kappa shape index (κ1) is 5.12. The van der Waals surface area contributed by atoms with E-state index in [2.05, 4.69) is 23.7 Å². The van der Waals surface area contributed by atoms with Crippen molar-refractivity contribution >= 4 is 11.8 Å². The summed E-state index contributed by atoms with van der Waals surface area (Å²) in [5.74, 6) is 1.39. The Morgan fingerprint density at radius 3 is 2.75 bits per heavy atom. The van der Waals surface area contributed by atoms with Crippen molar-refractivity contribution in [3.05, 3.63) is 0 Å². The van der Waals surface area contributed by atoms with Crippen LogP contribution in [0.4, 0.5) is 0 Å². The summed E-state index contributed by atoms with van der Waals surface area (Å²) in [6, 6.07) is 0.935. The summed E-state index contributed by atoms with van der Waals surface area (Å²) in [6.45, 7) is 1.34. The Bertz CT molecular complexity index is 103. The Morgan fingerprint density at radius 1 is 1.62 bits per heavy atom. The van der Waals surface area contributed by atoms with Gasteiger partial charge >= 0.3 is 0 Å². The summed E-state index contributed by atoms with van der Waals surface area (Å²) in [5, 5.41) is 0.991. The quantitative estimate of drug-likeness (QED) is 0.476. The lowest BCUT2D eigenvalue weighted by atomic mass is 10.2. The summed E-state index contributed by atoms with van der Waals surface area (Å²) in [7, 11) is 2.24. The number of likely N-dealkylation sites (tertiary alicyclic amines) is 1. The minimum Gasteiger partial charge on any atom is -0.301 e. The maximum atomic E-state index is 2.49. The van der Waals surface area contributed by atoms with Crippen LogP contribution in [0.5, 0.6) is 0 Å². The highest BCUT2D eigenvalue weighted by Crippen LogP contribution is 2.35. The van der Waals surface area contributed by atoms with Crippen molar-refractivity contribution in [3.8, 4) is 0 Å². The molecule has 0 aliphatic carbocycles.